The number of morpholine rings is 1. The molecule has 6 nitrogen and oxygen atoms in total. The lowest BCUT2D eigenvalue weighted by molar-refractivity contribution is 0.0243. The van der Waals surface area contributed by atoms with E-state index in [-0.39, 0.29) is 11.7 Å². The molecule has 2 aliphatic heterocycles. The van der Waals surface area contributed by atoms with E-state index in [9.17, 15) is 13.2 Å². The highest BCUT2D eigenvalue weighted by Crippen LogP contribution is 2.21. The number of hydrogen-bond donors (Lipinski definition) is 0. The Hall–Kier alpha value is -1.44. The first-order valence-corrected chi connectivity index (χ1v) is 11.3. The van der Waals surface area contributed by atoms with Crippen LogP contribution in [0.3, 0.4) is 0 Å². The van der Waals surface area contributed by atoms with Crippen molar-refractivity contribution in [2.75, 3.05) is 52.2 Å². The summed E-state index contributed by atoms with van der Waals surface area (Å²) in [6, 6.07) is 6.95. The summed E-state index contributed by atoms with van der Waals surface area (Å²) in [6.07, 6.45) is 3.29. The van der Waals surface area contributed by atoms with Crippen molar-refractivity contribution in [3.8, 4) is 0 Å². The van der Waals surface area contributed by atoms with Crippen molar-refractivity contribution in [3.05, 3.63) is 35.4 Å². The van der Waals surface area contributed by atoms with E-state index in [0.29, 0.717) is 17.0 Å². The molecule has 0 unspecified atom stereocenters. The van der Waals surface area contributed by atoms with Gasteiger partial charge in [-0.25, -0.2) is 8.42 Å². The number of benzene rings is 1. The van der Waals surface area contributed by atoms with Gasteiger partial charge >= 0.3 is 0 Å². The molecule has 3 rings (SSSR count). The van der Waals surface area contributed by atoms with E-state index in [4.69, 9.17) is 4.74 Å². The molecule has 0 N–H and O–H groups in total. The Labute approximate surface area is 156 Å². The van der Waals surface area contributed by atoms with Crippen LogP contribution in [0.5, 0.6) is 0 Å². The second kappa shape index (κ2) is 8.50. The van der Waals surface area contributed by atoms with Crippen molar-refractivity contribution in [2.24, 2.45) is 5.92 Å². The number of carbonyl (C=O) groups is 1. The first-order valence-electron chi connectivity index (χ1n) is 9.27. The number of likely N-dealkylation sites (tertiary alicyclic amines) is 1. The molecule has 1 aromatic carbocycles. The van der Waals surface area contributed by atoms with E-state index in [2.05, 4.69) is 4.90 Å². The summed E-state index contributed by atoms with van der Waals surface area (Å²) in [5.74, 6) is 0.698. The molecule has 144 valence electrons. The molecule has 7 heteroatoms. The molecule has 0 aliphatic carbocycles. The summed E-state index contributed by atoms with van der Waals surface area (Å²) in [5, 5.41) is 0. The van der Waals surface area contributed by atoms with Crippen LogP contribution in [0, 0.1) is 5.92 Å². The molecular formula is C19H28N2O4S. The molecule has 0 bridgehead atoms. The van der Waals surface area contributed by atoms with Gasteiger partial charge in [0.1, 0.15) is 0 Å². The Bertz CT molecular complexity index is 704. The summed E-state index contributed by atoms with van der Waals surface area (Å²) in [6.45, 7) is 6.36. The van der Waals surface area contributed by atoms with Gasteiger partial charge < -0.3 is 9.64 Å². The third kappa shape index (κ3) is 5.53. The zero-order valence-corrected chi connectivity index (χ0v) is 16.2. The summed E-state index contributed by atoms with van der Waals surface area (Å²) in [7, 11) is -3.06. The van der Waals surface area contributed by atoms with Crippen LogP contribution in [0.15, 0.2) is 24.3 Å². The zero-order chi connectivity index (χ0) is 18.6. The maximum atomic E-state index is 12.7. The summed E-state index contributed by atoms with van der Waals surface area (Å²) >= 11 is 0. The van der Waals surface area contributed by atoms with Crippen LogP contribution in [0.2, 0.25) is 0 Å². The number of nitrogens with zero attached hydrogens (tertiary/aromatic N) is 2. The van der Waals surface area contributed by atoms with Gasteiger partial charge in [0.15, 0.2) is 9.84 Å². The van der Waals surface area contributed by atoms with Gasteiger partial charge in [0.2, 0.25) is 0 Å². The number of rotatable bonds is 5. The monoisotopic (exact) mass is 380 g/mol. The zero-order valence-electron chi connectivity index (χ0n) is 15.4. The number of piperidine rings is 1. The topological polar surface area (TPSA) is 66.9 Å². The van der Waals surface area contributed by atoms with Gasteiger partial charge in [-0.15, -0.1) is 0 Å². The summed E-state index contributed by atoms with van der Waals surface area (Å²) in [5.41, 5.74) is 1.35. The Morgan fingerprint density at radius 2 is 1.69 bits per heavy atom. The van der Waals surface area contributed by atoms with E-state index in [0.717, 1.165) is 58.8 Å². The van der Waals surface area contributed by atoms with Crippen LogP contribution in [-0.2, 0) is 20.3 Å². The van der Waals surface area contributed by atoms with Crippen molar-refractivity contribution < 1.29 is 17.9 Å². The van der Waals surface area contributed by atoms with Gasteiger partial charge in [-0.3, -0.25) is 9.69 Å². The van der Waals surface area contributed by atoms with Crippen molar-refractivity contribution >= 4 is 15.7 Å². The van der Waals surface area contributed by atoms with E-state index < -0.39 is 9.84 Å². The van der Waals surface area contributed by atoms with Gasteiger partial charge in [-0.05, 0) is 36.5 Å². The number of amides is 1. The number of ether oxygens (including phenoxy) is 1. The molecule has 0 atom stereocenters. The smallest absolute Gasteiger partial charge is 0.253 e. The van der Waals surface area contributed by atoms with Crippen molar-refractivity contribution in [3.63, 3.8) is 0 Å². The van der Waals surface area contributed by atoms with Crippen LogP contribution in [0.4, 0.5) is 0 Å². The fourth-order valence-electron chi connectivity index (χ4n) is 3.70. The maximum absolute atomic E-state index is 12.7. The number of carbonyl (C=O) groups excluding carboxylic acids is 1. The van der Waals surface area contributed by atoms with E-state index >= 15 is 0 Å². The van der Waals surface area contributed by atoms with Gasteiger partial charge in [-0.1, -0.05) is 12.1 Å². The third-order valence-electron chi connectivity index (χ3n) is 5.15. The molecule has 2 fully saturated rings. The molecule has 2 saturated heterocycles. The minimum Gasteiger partial charge on any atom is -0.379 e. The van der Waals surface area contributed by atoms with E-state index in [1.54, 1.807) is 24.3 Å². The highest BCUT2D eigenvalue weighted by atomic mass is 32.2. The Morgan fingerprint density at radius 1 is 1.08 bits per heavy atom. The van der Waals surface area contributed by atoms with Crippen LogP contribution in [-0.4, -0.2) is 76.3 Å². The lowest BCUT2D eigenvalue weighted by atomic mass is 9.95. The fourth-order valence-corrected chi connectivity index (χ4v) is 4.49. The summed E-state index contributed by atoms with van der Waals surface area (Å²) in [4.78, 5) is 17.1. The number of sulfone groups is 1. The molecule has 0 aromatic heterocycles. The summed E-state index contributed by atoms with van der Waals surface area (Å²) < 4.78 is 28.1. The lowest BCUT2D eigenvalue weighted by Gasteiger charge is -2.36. The van der Waals surface area contributed by atoms with E-state index in [1.807, 2.05) is 4.90 Å². The third-order valence-corrected chi connectivity index (χ3v) is 6.01. The second-order valence-corrected chi connectivity index (χ2v) is 9.56. The molecule has 0 saturated carbocycles. The second-order valence-electron chi connectivity index (χ2n) is 7.42. The minimum absolute atomic E-state index is 0.00834. The largest absolute Gasteiger partial charge is 0.379 e. The van der Waals surface area contributed by atoms with Crippen LogP contribution < -0.4 is 0 Å². The SMILES string of the molecule is CS(=O)(=O)Cc1ccc(C(=O)N2CCC(CN3CCOCC3)CC2)cc1. The average molecular weight is 381 g/mol. The van der Waals surface area contributed by atoms with Crippen molar-refractivity contribution in [1.82, 2.24) is 9.80 Å². The lowest BCUT2D eigenvalue weighted by Crippen LogP contribution is -2.44. The first kappa shape index (κ1) is 19.3. The molecular weight excluding hydrogens is 352 g/mol. The molecule has 2 aliphatic rings. The molecule has 2 heterocycles. The Morgan fingerprint density at radius 3 is 2.27 bits per heavy atom. The molecule has 0 radical (unpaired) electrons. The van der Waals surface area contributed by atoms with Crippen molar-refractivity contribution in [2.45, 2.75) is 18.6 Å². The predicted octanol–water partition coefficient (Wildman–Crippen LogP) is 1.42. The van der Waals surface area contributed by atoms with Crippen LogP contribution in [0.25, 0.3) is 0 Å². The van der Waals surface area contributed by atoms with Crippen LogP contribution >= 0.6 is 0 Å². The van der Waals surface area contributed by atoms with Gasteiger partial charge in [-0.2, -0.15) is 0 Å². The van der Waals surface area contributed by atoms with Gasteiger partial charge in [0, 0.05) is 44.5 Å². The van der Waals surface area contributed by atoms with E-state index in [1.165, 1.54) is 6.26 Å². The van der Waals surface area contributed by atoms with Gasteiger partial charge in [0.05, 0.1) is 19.0 Å². The minimum atomic E-state index is -3.06. The molecule has 0 spiro atoms. The predicted molar refractivity (Wildman–Crippen MR) is 101 cm³/mol. The van der Waals surface area contributed by atoms with Gasteiger partial charge in [0.25, 0.3) is 5.91 Å². The highest BCUT2D eigenvalue weighted by molar-refractivity contribution is 7.89. The molecule has 1 amide bonds. The fraction of sp³-hybridized carbons (Fsp3) is 0.632. The first-order chi connectivity index (χ1) is 12.4. The Kier molecular flexibility index (Phi) is 6.32. The average Bonchev–Trinajstić information content (AvgIpc) is 2.62. The highest BCUT2D eigenvalue weighted by Gasteiger charge is 2.25. The quantitative estimate of drug-likeness (QED) is 0.773. The maximum Gasteiger partial charge on any atom is 0.253 e. The van der Waals surface area contributed by atoms with Crippen LogP contribution in [0.1, 0.15) is 28.8 Å². The van der Waals surface area contributed by atoms with Crippen molar-refractivity contribution in [1.29, 1.82) is 0 Å². The number of hydrogen-bond acceptors (Lipinski definition) is 5. The molecule has 26 heavy (non-hydrogen) atoms. The standard InChI is InChI=1S/C19H28N2O4S/c1-26(23,24)15-17-2-4-18(5-3-17)19(22)21-8-6-16(7-9-21)14-20-10-12-25-13-11-20/h2-5,16H,6-15H2,1H3. The Balaban J connectivity index is 1.50. The normalized spacial score (nSPS) is 20.3. The molecule has 1 aromatic rings.